The van der Waals surface area contributed by atoms with Gasteiger partial charge in [-0.05, 0) is 86.8 Å². The summed E-state index contributed by atoms with van der Waals surface area (Å²) in [5, 5.41) is 3.77. The smallest absolute Gasteiger partial charge is 0.253 e. The van der Waals surface area contributed by atoms with Gasteiger partial charge in [-0.3, -0.25) is 4.79 Å². The van der Waals surface area contributed by atoms with Gasteiger partial charge in [-0.15, -0.1) is 0 Å². The summed E-state index contributed by atoms with van der Waals surface area (Å²) in [5.41, 5.74) is 3.91. The molecule has 0 radical (unpaired) electrons. The van der Waals surface area contributed by atoms with Crippen molar-refractivity contribution >= 4 is 22.9 Å². The maximum absolute atomic E-state index is 13.3. The van der Waals surface area contributed by atoms with Crippen molar-refractivity contribution < 1.29 is 18.7 Å². The van der Waals surface area contributed by atoms with Crippen LogP contribution < -0.4 is 14.8 Å². The van der Waals surface area contributed by atoms with Crippen molar-refractivity contribution in [1.82, 2.24) is 19.4 Å². The molecule has 246 valence electrons. The highest BCUT2D eigenvalue weighted by Crippen LogP contribution is 2.33. The zero-order valence-electron chi connectivity index (χ0n) is 27.8. The van der Waals surface area contributed by atoms with E-state index in [0.717, 1.165) is 73.0 Å². The topological polar surface area (TPSA) is 85.0 Å². The molecule has 1 saturated heterocycles. The van der Waals surface area contributed by atoms with Gasteiger partial charge < -0.3 is 33.6 Å². The van der Waals surface area contributed by atoms with Crippen LogP contribution >= 0.6 is 0 Å². The Balaban J connectivity index is 1.11. The number of para-hydroxylation sites is 2. The Morgan fingerprint density at radius 2 is 1.72 bits per heavy atom. The van der Waals surface area contributed by atoms with E-state index in [1.54, 1.807) is 14.2 Å². The van der Waals surface area contributed by atoms with Crippen molar-refractivity contribution in [3.8, 4) is 11.5 Å². The molecule has 0 spiro atoms. The molecule has 0 aliphatic carbocycles. The molecule has 3 aromatic carbocycles. The number of piperidine rings is 1. The highest BCUT2D eigenvalue weighted by atomic mass is 16.5. The number of amides is 1. The number of methoxy groups -OCH3 is 2. The maximum atomic E-state index is 13.3. The summed E-state index contributed by atoms with van der Waals surface area (Å²) >= 11 is 0. The van der Waals surface area contributed by atoms with Gasteiger partial charge in [0.1, 0.15) is 11.5 Å². The van der Waals surface area contributed by atoms with Crippen LogP contribution in [0.5, 0.6) is 11.5 Å². The first-order chi connectivity index (χ1) is 22.9. The third kappa shape index (κ3) is 7.63. The summed E-state index contributed by atoms with van der Waals surface area (Å²) in [6.07, 6.45) is 2.96. The van der Waals surface area contributed by atoms with Crippen molar-refractivity contribution in [1.29, 1.82) is 0 Å². The summed E-state index contributed by atoms with van der Waals surface area (Å²) in [4.78, 5) is 22.6. The number of nitrogens with zero attached hydrogens (tertiary/aromatic N) is 4. The van der Waals surface area contributed by atoms with Crippen molar-refractivity contribution in [3.63, 3.8) is 0 Å². The monoisotopic (exact) mass is 635 g/mol. The van der Waals surface area contributed by atoms with Gasteiger partial charge in [-0.1, -0.05) is 36.4 Å². The molecule has 9 heteroatoms. The number of imidazole rings is 1. The Hall–Kier alpha value is -4.76. The molecule has 1 fully saturated rings. The largest absolute Gasteiger partial charge is 0.493 e. The van der Waals surface area contributed by atoms with E-state index in [-0.39, 0.29) is 11.8 Å². The number of aromatic nitrogens is 2. The second-order valence-corrected chi connectivity index (χ2v) is 12.4. The van der Waals surface area contributed by atoms with E-state index in [1.807, 2.05) is 73.5 Å². The molecule has 1 aliphatic rings. The van der Waals surface area contributed by atoms with Crippen LogP contribution in [-0.2, 0) is 6.54 Å². The number of carbonyl (C=O) groups is 1. The number of anilines is 1. The van der Waals surface area contributed by atoms with Gasteiger partial charge in [0.2, 0.25) is 5.95 Å². The van der Waals surface area contributed by atoms with Crippen LogP contribution in [0.3, 0.4) is 0 Å². The average Bonchev–Trinajstić information content (AvgIpc) is 3.68. The lowest BCUT2D eigenvalue weighted by molar-refractivity contribution is 0.0782. The number of furan rings is 1. The Morgan fingerprint density at radius 1 is 0.979 bits per heavy atom. The van der Waals surface area contributed by atoms with Crippen LogP contribution in [0.15, 0.2) is 89.3 Å². The molecular weight excluding hydrogens is 590 g/mol. The lowest BCUT2D eigenvalue weighted by atomic mass is 9.93. The number of hydrogen-bond acceptors (Lipinski definition) is 7. The Labute approximate surface area is 277 Å². The van der Waals surface area contributed by atoms with E-state index < -0.39 is 0 Å². The summed E-state index contributed by atoms with van der Waals surface area (Å²) in [6.45, 7) is 6.14. The van der Waals surface area contributed by atoms with Crippen molar-refractivity contribution in [2.24, 2.45) is 0 Å². The molecule has 1 unspecified atom stereocenters. The van der Waals surface area contributed by atoms with Crippen LogP contribution in [0.2, 0.25) is 0 Å². The van der Waals surface area contributed by atoms with E-state index in [1.165, 1.54) is 0 Å². The average molecular weight is 636 g/mol. The number of ether oxygens (including phenoxy) is 2. The predicted molar refractivity (Wildman–Crippen MR) is 186 cm³/mol. The molecule has 1 amide bonds. The van der Waals surface area contributed by atoms with Crippen LogP contribution in [0.1, 0.15) is 52.6 Å². The number of likely N-dealkylation sites (tertiary alicyclic amines) is 1. The molecule has 3 heterocycles. The zero-order chi connectivity index (χ0) is 32.8. The summed E-state index contributed by atoms with van der Waals surface area (Å²) in [6, 6.07) is 28.2. The van der Waals surface area contributed by atoms with Crippen LogP contribution in [0.4, 0.5) is 5.95 Å². The third-order valence-electron chi connectivity index (χ3n) is 9.22. The van der Waals surface area contributed by atoms with Crippen LogP contribution in [0.25, 0.3) is 11.0 Å². The highest BCUT2D eigenvalue weighted by molar-refractivity contribution is 5.94. The molecule has 5 aromatic rings. The number of aryl methyl sites for hydroxylation is 1. The van der Waals surface area contributed by atoms with Crippen LogP contribution in [0, 0.1) is 6.92 Å². The summed E-state index contributed by atoms with van der Waals surface area (Å²) < 4.78 is 19.3. The number of benzene rings is 3. The molecule has 2 aromatic heterocycles. The first-order valence-electron chi connectivity index (χ1n) is 16.4. The van der Waals surface area contributed by atoms with Crippen molar-refractivity contribution in [3.05, 3.63) is 108 Å². The van der Waals surface area contributed by atoms with Gasteiger partial charge in [0.05, 0.1) is 31.8 Å². The van der Waals surface area contributed by atoms with E-state index in [4.69, 9.17) is 18.9 Å². The molecular formula is C38H45N5O4. The molecule has 0 bridgehead atoms. The van der Waals surface area contributed by atoms with Gasteiger partial charge >= 0.3 is 0 Å². The minimum atomic E-state index is 0.0242. The minimum absolute atomic E-state index is 0.0242. The van der Waals surface area contributed by atoms with Gasteiger partial charge in [0.15, 0.2) is 11.5 Å². The van der Waals surface area contributed by atoms with Gasteiger partial charge in [0, 0.05) is 44.2 Å². The molecule has 1 N–H and O–H groups in total. The fraction of sp³-hybridized carbons (Fsp3) is 0.368. The molecule has 0 saturated carbocycles. The second-order valence-electron chi connectivity index (χ2n) is 12.4. The van der Waals surface area contributed by atoms with Crippen molar-refractivity contribution in [2.45, 2.75) is 44.7 Å². The number of likely N-dealkylation sites (N-methyl/N-ethyl adjacent to an activating group) is 1. The standard InChI is InChI=1S/C38H45N5O4/c1-27-14-16-32(47-27)26-43-34-13-9-8-12-33(34)40-38(43)39-31-19-22-42(23-20-31)21-18-30(29-15-17-35(45-3)36(24-29)46-4)25-41(2)37(44)28-10-6-5-7-11-28/h5-17,24,30-31H,18-23,25-26H2,1-4H3,(H,39,40). The van der Waals surface area contributed by atoms with Crippen molar-refractivity contribution in [2.75, 3.05) is 52.8 Å². The zero-order valence-corrected chi connectivity index (χ0v) is 27.8. The number of rotatable bonds is 13. The number of nitrogens with one attached hydrogen (secondary N) is 1. The van der Waals surface area contributed by atoms with Gasteiger partial charge in [-0.25, -0.2) is 4.98 Å². The maximum Gasteiger partial charge on any atom is 0.253 e. The molecule has 47 heavy (non-hydrogen) atoms. The molecule has 9 nitrogen and oxygen atoms in total. The molecule has 6 rings (SSSR count). The quantitative estimate of drug-likeness (QED) is 0.152. The second kappa shape index (κ2) is 14.8. The lowest BCUT2D eigenvalue weighted by Gasteiger charge is -2.34. The van der Waals surface area contributed by atoms with Gasteiger partial charge in [0.25, 0.3) is 5.91 Å². The fourth-order valence-corrected chi connectivity index (χ4v) is 6.58. The first-order valence-corrected chi connectivity index (χ1v) is 16.4. The van der Waals surface area contributed by atoms with E-state index in [2.05, 4.69) is 45.1 Å². The highest BCUT2D eigenvalue weighted by Gasteiger charge is 2.25. The first kappa shape index (κ1) is 32.2. The number of fused-ring (bicyclic) bond motifs is 1. The normalized spacial score (nSPS) is 14.6. The molecule has 1 aliphatic heterocycles. The minimum Gasteiger partial charge on any atom is -0.493 e. The van der Waals surface area contributed by atoms with E-state index >= 15 is 0 Å². The predicted octanol–water partition coefficient (Wildman–Crippen LogP) is 6.83. The van der Waals surface area contributed by atoms with E-state index in [0.29, 0.717) is 36.2 Å². The van der Waals surface area contributed by atoms with E-state index in [9.17, 15) is 4.79 Å². The Kier molecular flexibility index (Phi) is 10.1. The fourth-order valence-electron chi connectivity index (χ4n) is 6.58. The number of carbonyl (C=O) groups excluding carboxylic acids is 1. The van der Waals surface area contributed by atoms with Gasteiger partial charge in [-0.2, -0.15) is 0 Å². The SMILES string of the molecule is COc1ccc(C(CCN2CCC(Nc3nc4ccccc4n3Cc3ccc(C)o3)CC2)CN(C)C(=O)c2ccccc2)cc1OC. The molecule has 1 atom stereocenters. The Bertz CT molecular complexity index is 1770. The third-order valence-corrected chi connectivity index (χ3v) is 9.22. The summed E-state index contributed by atoms with van der Waals surface area (Å²) in [5.74, 6) is 4.28. The summed E-state index contributed by atoms with van der Waals surface area (Å²) in [7, 11) is 5.20. The van der Waals surface area contributed by atoms with Crippen LogP contribution in [-0.4, -0.2) is 78.7 Å². The number of hydrogen-bond donors (Lipinski definition) is 1. The lowest BCUT2D eigenvalue weighted by Crippen LogP contribution is -2.40. The Morgan fingerprint density at radius 3 is 2.45 bits per heavy atom.